The van der Waals surface area contributed by atoms with Gasteiger partial charge in [0.15, 0.2) is 5.78 Å². The zero-order valence-electron chi connectivity index (χ0n) is 12.4. The van der Waals surface area contributed by atoms with E-state index in [-0.39, 0.29) is 5.78 Å². The van der Waals surface area contributed by atoms with Crippen LogP contribution in [-0.4, -0.2) is 35.3 Å². The Morgan fingerprint density at radius 1 is 1.24 bits per heavy atom. The van der Waals surface area contributed by atoms with Crippen LogP contribution in [0.3, 0.4) is 0 Å². The lowest BCUT2D eigenvalue weighted by Crippen LogP contribution is -2.42. The summed E-state index contributed by atoms with van der Waals surface area (Å²) in [6.07, 6.45) is 8.40. The number of pyridine rings is 1. The van der Waals surface area contributed by atoms with Gasteiger partial charge in [-0.15, -0.1) is 0 Å². The summed E-state index contributed by atoms with van der Waals surface area (Å²) in [6, 6.07) is 2.78. The van der Waals surface area contributed by atoms with E-state index in [1.165, 1.54) is 44.2 Å². The van der Waals surface area contributed by atoms with Crippen molar-refractivity contribution in [2.75, 3.05) is 19.6 Å². The predicted octanol–water partition coefficient (Wildman–Crippen LogP) is 3.31. The van der Waals surface area contributed by atoms with Crippen LogP contribution in [0, 0.1) is 17.7 Å². The molecule has 4 heteroatoms. The molecule has 1 aliphatic carbocycles. The van der Waals surface area contributed by atoms with Gasteiger partial charge in [0, 0.05) is 19.5 Å². The minimum absolute atomic E-state index is 0.0146. The third kappa shape index (κ3) is 3.67. The molecule has 2 unspecified atom stereocenters. The fourth-order valence-corrected chi connectivity index (χ4v) is 3.81. The van der Waals surface area contributed by atoms with E-state index in [0.29, 0.717) is 12.1 Å². The molecule has 1 aromatic rings. The Morgan fingerprint density at radius 2 is 2.05 bits per heavy atom. The zero-order chi connectivity index (χ0) is 14.7. The molecule has 1 saturated heterocycles. The second-order valence-corrected chi connectivity index (χ2v) is 6.43. The van der Waals surface area contributed by atoms with Gasteiger partial charge in [0.1, 0.15) is 11.5 Å². The molecule has 0 aromatic carbocycles. The maximum absolute atomic E-state index is 12.8. The molecule has 3 nitrogen and oxygen atoms in total. The number of piperidine rings is 1. The van der Waals surface area contributed by atoms with Crippen molar-refractivity contribution < 1.29 is 9.18 Å². The van der Waals surface area contributed by atoms with Crippen LogP contribution in [0.2, 0.25) is 0 Å². The minimum atomic E-state index is -0.397. The molecular formula is C17H23FN2O. The van der Waals surface area contributed by atoms with E-state index < -0.39 is 5.82 Å². The number of likely N-dealkylation sites (tertiary alicyclic amines) is 1. The Kier molecular flexibility index (Phi) is 4.63. The van der Waals surface area contributed by atoms with E-state index in [4.69, 9.17) is 0 Å². The van der Waals surface area contributed by atoms with Gasteiger partial charge in [-0.1, -0.05) is 19.3 Å². The number of hydrogen-bond acceptors (Lipinski definition) is 3. The summed E-state index contributed by atoms with van der Waals surface area (Å²) in [5.74, 6) is 1.38. The van der Waals surface area contributed by atoms with Crippen LogP contribution in [0.25, 0.3) is 0 Å². The Labute approximate surface area is 125 Å². The molecule has 0 radical (unpaired) electrons. The molecule has 0 N–H and O–H groups in total. The van der Waals surface area contributed by atoms with Crippen LogP contribution >= 0.6 is 0 Å². The molecule has 114 valence electrons. The van der Waals surface area contributed by atoms with E-state index >= 15 is 0 Å². The number of hydrogen-bond donors (Lipinski definition) is 0. The summed E-state index contributed by atoms with van der Waals surface area (Å²) >= 11 is 0. The normalized spacial score (nSPS) is 26.3. The van der Waals surface area contributed by atoms with Crippen LogP contribution in [0.1, 0.15) is 49.0 Å². The first-order chi connectivity index (χ1) is 10.2. The molecule has 1 aliphatic heterocycles. The first-order valence-corrected chi connectivity index (χ1v) is 8.09. The molecule has 3 rings (SSSR count). The molecule has 1 saturated carbocycles. The number of fused-ring (bicyclic) bond motifs is 1. The Balaban J connectivity index is 1.48. The standard InChI is InChI=1S/C17H23FN2O/c18-15-5-6-16(19-11-15)17(21)8-10-20-9-7-13-3-1-2-4-14(13)12-20/h5-6,11,13-14H,1-4,7-10,12H2. The van der Waals surface area contributed by atoms with Crippen molar-refractivity contribution in [1.82, 2.24) is 9.88 Å². The van der Waals surface area contributed by atoms with Gasteiger partial charge in [-0.3, -0.25) is 9.78 Å². The smallest absolute Gasteiger partial charge is 0.182 e. The van der Waals surface area contributed by atoms with E-state index in [1.54, 1.807) is 0 Å². The van der Waals surface area contributed by atoms with Crippen LogP contribution in [0.5, 0.6) is 0 Å². The number of halogens is 1. The highest BCUT2D eigenvalue weighted by molar-refractivity contribution is 5.94. The highest BCUT2D eigenvalue weighted by Gasteiger charge is 2.30. The van der Waals surface area contributed by atoms with Crippen molar-refractivity contribution >= 4 is 5.78 Å². The topological polar surface area (TPSA) is 33.2 Å². The monoisotopic (exact) mass is 290 g/mol. The van der Waals surface area contributed by atoms with E-state index in [2.05, 4.69) is 9.88 Å². The number of ketones is 1. The van der Waals surface area contributed by atoms with Crippen LogP contribution in [-0.2, 0) is 0 Å². The molecular weight excluding hydrogens is 267 g/mol. The lowest BCUT2D eigenvalue weighted by Gasteiger charge is -2.41. The first kappa shape index (κ1) is 14.6. The fraction of sp³-hybridized carbons (Fsp3) is 0.647. The highest BCUT2D eigenvalue weighted by atomic mass is 19.1. The summed E-state index contributed by atoms with van der Waals surface area (Å²) in [6.45, 7) is 3.07. The van der Waals surface area contributed by atoms with Gasteiger partial charge < -0.3 is 4.90 Å². The largest absolute Gasteiger partial charge is 0.303 e. The average molecular weight is 290 g/mol. The van der Waals surface area contributed by atoms with Crippen molar-refractivity contribution in [3.8, 4) is 0 Å². The van der Waals surface area contributed by atoms with Crippen molar-refractivity contribution in [2.24, 2.45) is 11.8 Å². The van der Waals surface area contributed by atoms with Crippen LogP contribution in [0.4, 0.5) is 4.39 Å². The second kappa shape index (κ2) is 6.65. The summed E-state index contributed by atoms with van der Waals surface area (Å²) in [4.78, 5) is 18.4. The fourth-order valence-electron chi connectivity index (χ4n) is 3.81. The number of carbonyl (C=O) groups excluding carboxylic acids is 1. The molecule has 0 spiro atoms. The molecule has 2 atom stereocenters. The maximum atomic E-state index is 12.8. The number of carbonyl (C=O) groups is 1. The second-order valence-electron chi connectivity index (χ2n) is 6.43. The average Bonchev–Trinajstić information content (AvgIpc) is 2.53. The quantitative estimate of drug-likeness (QED) is 0.798. The number of rotatable bonds is 4. The summed E-state index contributed by atoms with van der Waals surface area (Å²) in [7, 11) is 0. The van der Waals surface area contributed by atoms with Crippen LogP contribution in [0.15, 0.2) is 18.3 Å². The van der Waals surface area contributed by atoms with Gasteiger partial charge in [0.05, 0.1) is 6.20 Å². The minimum Gasteiger partial charge on any atom is -0.303 e. The van der Waals surface area contributed by atoms with Gasteiger partial charge >= 0.3 is 0 Å². The van der Waals surface area contributed by atoms with Gasteiger partial charge in [-0.2, -0.15) is 0 Å². The maximum Gasteiger partial charge on any atom is 0.182 e. The summed E-state index contributed by atoms with van der Waals surface area (Å²) < 4.78 is 12.8. The molecule has 2 fully saturated rings. The number of nitrogens with zero attached hydrogens (tertiary/aromatic N) is 2. The zero-order valence-corrected chi connectivity index (χ0v) is 12.4. The van der Waals surface area contributed by atoms with Crippen LogP contribution < -0.4 is 0 Å². The van der Waals surface area contributed by atoms with Crippen molar-refractivity contribution in [3.63, 3.8) is 0 Å². The molecule has 2 heterocycles. The molecule has 21 heavy (non-hydrogen) atoms. The predicted molar refractivity (Wildman–Crippen MR) is 79.6 cm³/mol. The lowest BCUT2D eigenvalue weighted by molar-refractivity contribution is 0.0785. The molecule has 2 aliphatic rings. The third-order valence-corrected chi connectivity index (χ3v) is 5.04. The molecule has 0 amide bonds. The van der Waals surface area contributed by atoms with Gasteiger partial charge in [-0.05, 0) is 43.4 Å². The van der Waals surface area contributed by atoms with Crippen molar-refractivity contribution in [2.45, 2.75) is 38.5 Å². The third-order valence-electron chi connectivity index (χ3n) is 5.04. The molecule has 0 bridgehead atoms. The Morgan fingerprint density at radius 3 is 2.81 bits per heavy atom. The van der Waals surface area contributed by atoms with E-state index in [9.17, 15) is 9.18 Å². The van der Waals surface area contributed by atoms with Crippen molar-refractivity contribution in [3.05, 3.63) is 29.8 Å². The van der Waals surface area contributed by atoms with Gasteiger partial charge in [0.2, 0.25) is 0 Å². The SMILES string of the molecule is O=C(CCN1CCC2CCCCC2C1)c1ccc(F)cn1. The van der Waals surface area contributed by atoms with Crippen molar-refractivity contribution in [1.29, 1.82) is 0 Å². The Hall–Kier alpha value is -1.29. The summed E-state index contributed by atoms with van der Waals surface area (Å²) in [5, 5.41) is 0. The number of aromatic nitrogens is 1. The first-order valence-electron chi connectivity index (χ1n) is 8.09. The highest BCUT2D eigenvalue weighted by Crippen LogP contribution is 2.35. The summed E-state index contributed by atoms with van der Waals surface area (Å²) in [5.41, 5.74) is 0.379. The molecule has 1 aromatic heterocycles. The van der Waals surface area contributed by atoms with Gasteiger partial charge in [0.25, 0.3) is 0 Å². The Bertz CT molecular complexity index is 488. The van der Waals surface area contributed by atoms with E-state index in [1.807, 2.05) is 0 Å². The lowest BCUT2D eigenvalue weighted by atomic mass is 9.75. The van der Waals surface area contributed by atoms with Gasteiger partial charge in [-0.25, -0.2) is 4.39 Å². The number of Topliss-reactive ketones (excluding diaryl/α,β-unsaturated/α-hetero) is 1. The van der Waals surface area contributed by atoms with E-state index in [0.717, 1.165) is 37.7 Å².